The number of nitrogens with one attached hydrogen (secondary N) is 2. The topological polar surface area (TPSA) is 87.6 Å². The lowest BCUT2D eigenvalue weighted by molar-refractivity contribution is 0.0428. The van der Waals surface area contributed by atoms with Gasteiger partial charge in [-0.3, -0.25) is 4.68 Å². The van der Waals surface area contributed by atoms with E-state index >= 15 is 0 Å². The number of furan rings is 1. The summed E-state index contributed by atoms with van der Waals surface area (Å²) in [5, 5.41) is 21.2. The number of nitrogens with zero attached hydrogens (tertiary/aromatic N) is 3. The first-order chi connectivity index (χ1) is 11.4. The Morgan fingerprint density at radius 1 is 1.40 bits per heavy atom. The van der Waals surface area contributed by atoms with E-state index in [9.17, 15) is 5.11 Å². The molecule has 3 N–H and O–H groups in total. The molecule has 140 valence electrons. The zero-order valence-corrected chi connectivity index (χ0v) is 17.6. The van der Waals surface area contributed by atoms with Crippen LogP contribution < -0.4 is 10.6 Å². The highest BCUT2D eigenvalue weighted by atomic mass is 127. The maximum Gasteiger partial charge on any atom is 0.191 e. The molecule has 0 bridgehead atoms. The second-order valence-electron chi connectivity index (χ2n) is 6.08. The van der Waals surface area contributed by atoms with Gasteiger partial charge in [0.1, 0.15) is 17.1 Å². The van der Waals surface area contributed by atoms with E-state index < -0.39 is 5.60 Å². The molecule has 0 fully saturated rings. The zero-order valence-electron chi connectivity index (χ0n) is 15.2. The van der Waals surface area contributed by atoms with E-state index in [0.717, 1.165) is 25.3 Å². The predicted molar refractivity (Wildman–Crippen MR) is 109 cm³/mol. The van der Waals surface area contributed by atoms with Crippen molar-refractivity contribution in [1.82, 2.24) is 20.4 Å². The van der Waals surface area contributed by atoms with Crippen LogP contribution in [0.25, 0.3) is 0 Å². The average molecular weight is 461 g/mol. The predicted octanol–water partition coefficient (Wildman–Crippen LogP) is 1.94. The van der Waals surface area contributed by atoms with Gasteiger partial charge in [-0.25, -0.2) is 4.99 Å². The lowest BCUT2D eigenvalue weighted by atomic mass is 10.0. The summed E-state index contributed by atoms with van der Waals surface area (Å²) >= 11 is 0. The third-order valence-corrected chi connectivity index (χ3v) is 3.62. The molecule has 0 radical (unpaired) electrons. The summed E-state index contributed by atoms with van der Waals surface area (Å²) in [5.41, 5.74) is 0.0267. The summed E-state index contributed by atoms with van der Waals surface area (Å²) in [5.74, 6) is 1.97. The molecule has 0 aromatic carbocycles. The van der Waals surface area contributed by atoms with Gasteiger partial charge in [0.15, 0.2) is 5.96 Å². The van der Waals surface area contributed by atoms with Crippen LogP contribution in [0.3, 0.4) is 0 Å². The number of guanidine groups is 1. The van der Waals surface area contributed by atoms with Crippen LogP contribution in [0.1, 0.15) is 30.9 Å². The SMILES string of the molecule is CCNC(=NCC(C)(O)c1ccc(C)o1)NCCc1cnn(C)c1.I. The van der Waals surface area contributed by atoms with Gasteiger partial charge in [-0.2, -0.15) is 5.10 Å². The molecule has 1 atom stereocenters. The molecule has 0 saturated carbocycles. The van der Waals surface area contributed by atoms with Gasteiger partial charge in [0.25, 0.3) is 0 Å². The van der Waals surface area contributed by atoms with Crippen LogP contribution in [0.2, 0.25) is 0 Å². The summed E-state index contributed by atoms with van der Waals surface area (Å²) in [6.45, 7) is 7.26. The normalized spacial score (nSPS) is 13.9. The molecule has 2 aromatic heterocycles. The molecular weight excluding hydrogens is 433 g/mol. The third kappa shape index (κ3) is 6.69. The van der Waals surface area contributed by atoms with Crippen molar-refractivity contribution >= 4 is 29.9 Å². The van der Waals surface area contributed by atoms with Gasteiger partial charge in [-0.15, -0.1) is 24.0 Å². The Balaban J connectivity index is 0.00000312. The fourth-order valence-corrected chi connectivity index (χ4v) is 2.30. The standard InChI is InChI=1S/C17H27N5O2.HI/c1-5-18-16(19-9-8-14-10-21-22(4)11-14)20-12-17(3,23)15-7-6-13(2)24-15;/h6-7,10-11,23H,5,8-9,12H2,1-4H3,(H2,18,19,20);1H. The number of halogens is 1. The van der Waals surface area contributed by atoms with E-state index in [-0.39, 0.29) is 30.5 Å². The quantitative estimate of drug-likeness (QED) is 0.333. The van der Waals surface area contributed by atoms with Gasteiger partial charge in [-0.05, 0) is 44.9 Å². The largest absolute Gasteiger partial charge is 0.463 e. The van der Waals surface area contributed by atoms with Crippen LogP contribution in [0.15, 0.2) is 33.9 Å². The minimum atomic E-state index is -1.14. The first-order valence-corrected chi connectivity index (χ1v) is 8.19. The van der Waals surface area contributed by atoms with Crippen molar-refractivity contribution in [3.63, 3.8) is 0 Å². The second kappa shape index (κ2) is 9.81. The van der Waals surface area contributed by atoms with Crippen molar-refractivity contribution in [3.8, 4) is 0 Å². The highest BCUT2D eigenvalue weighted by molar-refractivity contribution is 14.0. The first-order valence-electron chi connectivity index (χ1n) is 8.19. The van der Waals surface area contributed by atoms with E-state index in [1.54, 1.807) is 17.7 Å². The highest BCUT2D eigenvalue weighted by Gasteiger charge is 2.26. The first kappa shape index (κ1) is 21.5. The van der Waals surface area contributed by atoms with Crippen LogP contribution in [-0.2, 0) is 19.1 Å². The summed E-state index contributed by atoms with van der Waals surface area (Å²) in [6, 6.07) is 3.62. The lowest BCUT2D eigenvalue weighted by Crippen LogP contribution is -2.39. The number of hydrogen-bond donors (Lipinski definition) is 3. The van der Waals surface area contributed by atoms with Crippen LogP contribution in [0.4, 0.5) is 0 Å². The fraction of sp³-hybridized carbons (Fsp3) is 0.529. The summed E-state index contributed by atoms with van der Waals surface area (Å²) in [6.07, 6.45) is 4.71. The maximum atomic E-state index is 10.6. The molecule has 0 saturated heterocycles. The van der Waals surface area contributed by atoms with E-state index in [1.165, 1.54) is 5.56 Å². The molecule has 0 aliphatic rings. The summed E-state index contributed by atoms with van der Waals surface area (Å²) in [4.78, 5) is 4.47. The monoisotopic (exact) mass is 461 g/mol. The minimum Gasteiger partial charge on any atom is -0.463 e. The van der Waals surface area contributed by atoms with E-state index in [0.29, 0.717) is 11.7 Å². The van der Waals surface area contributed by atoms with Crippen molar-refractivity contribution in [2.75, 3.05) is 19.6 Å². The van der Waals surface area contributed by atoms with Gasteiger partial charge in [0, 0.05) is 26.3 Å². The maximum absolute atomic E-state index is 10.6. The number of rotatable bonds is 7. The smallest absolute Gasteiger partial charge is 0.191 e. The van der Waals surface area contributed by atoms with Crippen molar-refractivity contribution < 1.29 is 9.52 Å². The Hall–Kier alpha value is -1.55. The number of hydrogen-bond acceptors (Lipinski definition) is 4. The zero-order chi connectivity index (χ0) is 17.6. The molecule has 25 heavy (non-hydrogen) atoms. The highest BCUT2D eigenvalue weighted by Crippen LogP contribution is 2.22. The minimum absolute atomic E-state index is 0. The van der Waals surface area contributed by atoms with Crippen molar-refractivity contribution in [1.29, 1.82) is 0 Å². The molecule has 8 heteroatoms. The Morgan fingerprint density at radius 2 is 2.16 bits per heavy atom. The molecule has 2 aromatic rings. The van der Waals surface area contributed by atoms with Crippen molar-refractivity contribution in [2.45, 2.75) is 32.8 Å². The molecule has 0 amide bonds. The molecule has 0 aliphatic carbocycles. The number of aromatic nitrogens is 2. The van der Waals surface area contributed by atoms with Crippen molar-refractivity contribution in [2.24, 2.45) is 12.0 Å². The summed E-state index contributed by atoms with van der Waals surface area (Å²) in [7, 11) is 1.90. The lowest BCUT2D eigenvalue weighted by Gasteiger charge is -2.19. The Kier molecular flexibility index (Phi) is 8.43. The van der Waals surface area contributed by atoms with E-state index in [1.807, 2.05) is 39.4 Å². The number of aliphatic hydroxyl groups is 1. The average Bonchev–Trinajstić information content (AvgIpc) is 3.14. The second-order valence-corrected chi connectivity index (χ2v) is 6.08. The molecule has 0 spiro atoms. The van der Waals surface area contributed by atoms with Crippen molar-refractivity contribution in [3.05, 3.63) is 41.6 Å². The molecule has 7 nitrogen and oxygen atoms in total. The molecule has 0 aliphatic heterocycles. The molecule has 2 rings (SSSR count). The van der Waals surface area contributed by atoms with Crippen LogP contribution >= 0.6 is 24.0 Å². The van der Waals surface area contributed by atoms with Gasteiger partial charge in [-0.1, -0.05) is 0 Å². The number of aryl methyl sites for hydroxylation is 2. The van der Waals surface area contributed by atoms with Gasteiger partial charge >= 0.3 is 0 Å². The Labute approximate surface area is 165 Å². The molecular formula is C17H28IN5O2. The Bertz CT molecular complexity index is 678. The van der Waals surface area contributed by atoms with Crippen LogP contribution in [-0.4, -0.2) is 40.5 Å². The molecule has 2 heterocycles. The third-order valence-electron chi connectivity index (χ3n) is 3.62. The fourth-order valence-electron chi connectivity index (χ4n) is 2.30. The van der Waals surface area contributed by atoms with Crippen LogP contribution in [0.5, 0.6) is 0 Å². The van der Waals surface area contributed by atoms with Gasteiger partial charge < -0.3 is 20.2 Å². The Morgan fingerprint density at radius 3 is 2.72 bits per heavy atom. The summed E-state index contributed by atoms with van der Waals surface area (Å²) < 4.78 is 7.30. The van der Waals surface area contributed by atoms with Gasteiger partial charge in [0.05, 0.1) is 12.7 Å². The van der Waals surface area contributed by atoms with E-state index in [2.05, 4.69) is 20.7 Å². The molecule has 1 unspecified atom stereocenters. The van der Waals surface area contributed by atoms with E-state index in [4.69, 9.17) is 4.42 Å². The van der Waals surface area contributed by atoms with Crippen LogP contribution in [0, 0.1) is 6.92 Å². The van der Waals surface area contributed by atoms with Gasteiger partial charge in [0.2, 0.25) is 0 Å². The number of aliphatic imine (C=N–C) groups is 1.